The second-order valence-corrected chi connectivity index (χ2v) is 6.27. The van der Waals surface area contributed by atoms with E-state index in [0.717, 1.165) is 22.4 Å². The van der Waals surface area contributed by atoms with Crippen molar-refractivity contribution in [2.24, 2.45) is 0 Å². The third-order valence-electron chi connectivity index (χ3n) is 2.79. The van der Waals surface area contributed by atoms with Crippen LogP contribution in [0.3, 0.4) is 0 Å². The van der Waals surface area contributed by atoms with Crippen molar-refractivity contribution in [2.45, 2.75) is 20.0 Å². The molecule has 4 nitrogen and oxygen atoms in total. The average Bonchev–Trinajstić information content (AvgIpc) is 2.81. The summed E-state index contributed by atoms with van der Waals surface area (Å²) in [5.74, 6) is 0. The van der Waals surface area contributed by atoms with Gasteiger partial charge in [-0.3, -0.25) is 4.68 Å². The topological polar surface area (TPSA) is 41.9 Å². The number of rotatable bonds is 4. The summed E-state index contributed by atoms with van der Waals surface area (Å²) in [5.41, 5.74) is 1.82. The maximum absolute atomic E-state index is 5.96. The molecule has 0 aliphatic carbocycles. The first-order chi connectivity index (χ1) is 10.0. The highest BCUT2D eigenvalue weighted by Crippen LogP contribution is 2.25. The van der Waals surface area contributed by atoms with Gasteiger partial charge >= 0.3 is 0 Å². The van der Waals surface area contributed by atoms with Crippen molar-refractivity contribution in [3.05, 3.63) is 44.6 Å². The van der Waals surface area contributed by atoms with E-state index in [1.807, 2.05) is 17.7 Å². The molecule has 2 rings (SSSR count). The predicted octanol–water partition coefficient (Wildman–Crippen LogP) is 4.46. The summed E-state index contributed by atoms with van der Waals surface area (Å²) in [4.78, 5) is 0. The maximum atomic E-state index is 5.96. The van der Waals surface area contributed by atoms with Crippen LogP contribution in [0.1, 0.15) is 12.6 Å². The number of anilines is 1. The molecule has 0 aliphatic rings. The normalized spacial score (nSPS) is 10.5. The van der Waals surface area contributed by atoms with Crippen molar-refractivity contribution in [1.82, 2.24) is 15.1 Å². The number of aryl methyl sites for hydroxylation is 1. The number of nitrogens with one attached hydrogen (secondary N) is 2. The summed E-state index contributed by atoms with van der Waals surface area (Å²) in [7, 11) is 0. The second-order valence-electron chi connectivity index (χ2n) is 4.19. The molecule has 8 heteroatoms. The van der Waals surface area contributed by atoms with Crippen molar-refractivity contribution in [3.63, 3.8) is 0 Å². The zero-order valence-corrected chi connectivity index (χ0v) is 15.1. The highest BCUT2D eigenvalue weighted by molar-refractivity contribution is 9.10. The van der Waals surface area contributed by atoms with Crippen molar-refractivity contribution < 1.29 is 0 Å². The summed E-state index contributed by atoms with van der Waals surface area (Å²) in [6.45, 7) is 3.41. The molecule has 2 aromatic rings. The van der Waals surface area contributed by atoms with Gasteiger partial charge in [0.15, 0.2) is 5.11 Å². The quantitative estimate of drug-likeness (QED) is 0.734. The van der Waals surface area contributed by atoms with Gasteiger partial charge in [-0.2, -0.15) is 5.10 Å². The molecule has 0 radical (unpaired) electrons. The van der Waals surface area contributed by atoms with E-state index in [0.29, 0.717) is 21.7 Å². The van der Waals surface area contributed by atoms with Crippen LogP contribution >= 0.6 is 51.3 Å². The SMILES string of the molecule is CCn1ncc(Br)c1CNC(=S)Nc1ccc(Cl)c(Cl)c1. The van der Waals surface area contributed by atoms with Crippen LogP contribution in [-0.2, 0) is 13.1 Å². The van der Waals surface area contributed by atoms with Crippen LogP contribution in [-0.4, -0.2) is 14.9 Å². The summed E-state index contributed by atoms with van der Waals surface area (Å²) in [6, 6.07) is 5.26. The Kier molecular flexibility index (Phi) is 5.87. The van der Waals surface area contributed by atoms with E-state index < -0.39 is 0 Å². The van der Waals surface area contributed by atoms with E-state index in [9.17, 15) is 0 Å². The number of nitrogens with zero attached hydrogens (tertiary/aromatic N) is 2. The van der Waals surface area contributed by atoms with Gasteiger partial charge in [-0.25, -0.2) is 0 Å². The van der Waals surface area contributed by atoms with E-state index >= 15 is 0 Å². The zero-order valence-electron chi connectivity index (χ0n) is 11.2. The molecule has 112 valence electrons. The Morgan fingerprint density at radius 3 is 2.81 bits per heavy atom. The van der Waals surface area contributed by atoms with Gasteiger partial charge in [-0.15, -0.1) is 0 Å². The smallest absolute Gasteiger partial charge is 0.171 e. The Labute approximate surface area is 146 Å². The largest absolute Gasteiger partial charge is 0.357 e. The van der Waals surface area contributed by atoms with Crippen molar-refractivity contribution in [1.29, 1.82) is 0 Å². The minimum atomic E-state index is 0.483. The van der Waals surface area contributed by atoms with Crippen LogP contribution in [0.2, 0.25) is 10.0 Å². The fraction of sp³-hybridized carbons (Fsp3) is 0.231. The highest BCUT2D eigenvalue weighted by Gasteiger charge is 2.08. The summed E-state index contributed by atoms with van der Waals surface area (Å²) in [5, 5.41) is 11.9. The highest BCUT2D eigenvalue weighted by atomic mass is 79.9. The average molecular weight is 408 g/mol. The monoisotopic (exact) mass is 406 g/mol. The predicted molar refractivity (Wildman–Crippen MR) is 95.1 cm³/mol. The molecule has 1 aromatic heterocycles. The van der Waals surface area contributed by atoms with Crippen LogP contribution in [0.25, 0.3) is 0 Å². The van der Waals surface area contributed by atoms with Gasteiger partial charge < -0.3 is 10.6 Å². The first-order valence-corrected chi connectivity index (χ1v) is 8.17. The minimum Gasteiger partial charge on any atom is -0.357 e. The summed E-state index contributed by atoms with van der Waals surface area (Å²) >= 11 is 20.6. The van der Waals surface area contributed by atoms with Gasteiger partial charge in [0.25, 0.3) is 0 Å². The Bertz CT molecular complexity index is 660. The van der Waals surface area contributed by atoms with Crippen LogP contribution in [0.15, 0.2) is 28.9 Å². The number of halogens is 3. The van der Waals surface area contributed by atoms with E-state index in [1.54, 1.807) is 18.3 Å². The molecule has 0 saturated carbocycles. The number of hydrogen-bond acceptors (Lipinski definition) is 2. The Balaban J connectivity index is 1.95. The lowest BCUT2D eigenvalue weighted by Crippen LogP contribution is -2.29. The third kappa shape index (κ3) is 4.32. The lowest BCUT2D eigenvalue weighted by molar-refractivity contribution is 0.613. The summed E-state index contributed by atoms with van der Waals surface area (Å²) < 4.78 is 2.85. The maximum Gasteiger partial charge on any atom is 0.171 e. The lowest BCUT2D eigenvalue weighted by Gasteiger charge is -2.12. The standard InChI is InChI=1S/C13H13BrCl2N4S/c1-2-20-12(9(14)6-18-20)7-17-13(21)19-8-3-4-10(15)11(16)5-8/h3-6H,2,7H2,1H3,(H2,17,19,21). The number of benzene rings is 1. The van der Waals surface area contributed by atoms with Crippen LogP contribution in [0, 0.1) is 0 Å². The third-order valence-corrected chi connectivity index (χ3v) is 4.44. The molecule has 0 aliphatic heterocycles. The second kappa shape index (κ2) is 7.45. The molecule has 21 heavy (non-hydrogen) atoms. The lowest BCUT2D eigenvalue weighted by atomic mass is 10.3. The van der Waals surface area contributed by atoms with Crippen molar-refractivity contribution in [3.8, 4) is 0 Å². The van der Waals surface area contributed by atoms with E-state index in [-0.39, 0.29) is 0 Å². The molecule has 0 spiro atoms. The fourth-order valence-electron chi connectivity index (χ4n) is 1.75. The van der Waals surface area contributed by atoms with Gasteiger partial charge in [0.1, 0.15) is 0 Å². The minimum absolute atomic E-state index is 0.483. The van der Waals surface area contributed by atoms with Crippen LogP contribution in [0.5, 0.6) is 0 Å². The van der Waals surface area contributed by atoms with Crippen LogP contribution in [0.4, 0.5) is 5.69 Å². The molecule has 0 saturated heterocycles. The van der Waals surface area contributed by atoms with E-state index in [1.165, 1.54) is 0 Å². The Morgan fingerprint density at radius 2 is 2.14 bits per heavy atom. The Morgan fingerprint density at radius 1 is 1.38 bits per heavy atom. The molecular formula is C13H13BrCl2N4S. The fourth-order valence-corrected chi connectivity index (χ4v) is 2.67. The number of thiocarbonyl (C=S) groups is 1. The molecule has 2 N–H and O–H groups in total. The van der Waals surface area contributed by atoms with Gasteiger partial charge in [-0.05, 0) is 53.3 Å². The molecule has 0 bridgehead atoms. The zero-order chi connectivity index (χ0) is 15.4. The molecule has 1 heterocycles. The number of aromatic nitrogens is 2. The van der Waals surface area contributed by atoms with E-state index in [2.05, 4.69) is 31.7 Å². The Hall–Kier alpha value is -0.820. The molecule has 1 aromatic carbocycles. The molecule has 0 amide bonds. The first-order valence-electron chi connectivity index (χ1n) is 6.21. The molecule has 0 fully saturated rings. The number of hydrogen-bond donors (Lipinski definition) is 2. The van der Waals surface area contributed by atoms with Gasteiger partial charge in [0, 0.05) is 12.2 Å². The summed E-state index contributed by atoms with van der Waals surface area (Å²) in [6.07, 6.45) is 1.77. The van der Waals surface area contributed by atoms with Gasteiger partial charge in [0.05, 0.1) is 33.0 Å². The van der Waals surface area contributed by atoms with Gasteiger partial charge in [-0.1, -0.05) is 23.2 Å². The molecule has 0 unspecified atom stereocenters. The molecule has 0 atom stereocenters. The molecular weight excluding hydrogens is 395 g/mol. The van der Waals surface area contributed by atoms with Gasteiger partial charge in [0.2, 0.25) is 0 Å². The first kappa shape index (κ1) is 16.5. The van der Waals surface area contributed by atoms with Crippen LogP contribution < -0.4 is 10.6 Å². The van der Waals surface area contributed by atoms with Crippen molar-refractivity contribution >= 4 is 62.1 Å². The van der Waals surface area contributed by atoms with Crippen molar-refractivity contribution in [2.75, 3.05) is 5.32 Å². The van der Waals surface area contributed by atoms with E-state index in [4.69, 9.17) is 35.4 Å².